The third kappa shape index (κ3) is 6.46. The van der Waals surface area contributed by atoms with Gasteiger partial charge < -0.3 is 5.32 Å². The van der Waals surface area contributed by atoms with E-state index >= 15 is 0 Å². The number of carbonyl (C=O) groups excluding carboxylic acids is 1. The van der Waals surface area contributed by atoms with E-state index in [0.717, 1.165) is 35.3 Å². The first kappa shape index (κ1) is 22.1. The molecule has 1 N–H and O–H groups in total. The maximum absolute atomic E-state index is 12.2. The molecule has 158 valence electrons. The maximum atomic E-state index is 12.2. The number of unbranched alkanes of at least 4 members (excludes halogenated alkanes) is 3. The van der Waals surface area contributed by atoms with Crippen molar-refractivity contribution in [2.24, 2.45) is 0 Å². The molecule has 3 rings (SSSR count). The van der Waals surface area contributed by atoms with Crippen LogP contribution in [0.15, 0.2) is 59.8 Å². The van der Waals surface area contributed by atoms with E-state index in [1.807, 2.05) is 22.8 Å². The fraction of sp³-hybridized carbons (Fsp3) is 0.375. The second kappa shape index (κ2) is 11.6. The molecule has 0 spiro atoms. The average molecular weight is 423 g/mol. The van der Waals surface area contributed by atoms with Crippen LogP contribution in [-0.2, 0) is 17.1 Å². The highest BCUT2D eigenvalue weighted by Gasteiger charge is 2.15. The standard InChI is InChI=1S/C24H30N4OS/c1-3-4-5-9-12-23(29)25-17-22-26-27-24(30-18-20-10-7-6-8-11-20)28(22)21-15-13-19(2)14-16-21/h6-8,10-11,13-16H,3-5,9,12,17-18H2,1-2H3,(H,25,29). The Kier molecular flexibility index (Phi) is 8.51. The molecule has 0 radical (unpaired) electrons. The maximum Gasteiger partial charge on any atom is 0.220 e. The van der Waals surface area contributed by atoms with Crippen molar-refractivity contribution in [1.82, 2.24) is 20.1 Å². The van der Waals surface area contributed by atoms with Crippen LogP contribution in [0, 0.1) is 6.92 Å². The molecule has 1 aromatic heterocycles. The summed E-state index contributed by atoms with van der Waals surface area (Å²) < 4.78 is 2.05. The molecule has 0 fully saturated rings. The number of amides is 1. The summed E-state index contributed by atoms with van der Waals surface area (Å²) >= 11 is 1.65. The minimum absolute atomic E-state index is 0.0723. The number of thioether (sulfide) groups is 1. The van der Waals surface area contributed by atoms with Gasteiger partial charge in [0.1, 0.15) is 0 Å². The first-order valence-electron chi connectivity index (χ1n) is 10.6. The van der Waals surface area contributed by atoms with Crippen LogP contribution in [0.5, 0.6) is 0 Å². The van der Waals surface area contributed by atoms with Crippen molar-refractivity contribution in [1.29, 1.82) is 0 Å². The molecule has 5 nitrogen and oxygen atoms in total. The number of nitrogens with one attached hydrogen (secondary N) is 1. The van der Waals surface area contributed by atoms with Crippen LogP contribution >= 0.6 is 11.8 Å². The van der Waals surface area contributed by atoms with Gasteiger partial charge in [0, 0.05) is 17.9 Å². The summed E-state index contributed by atoms with van der Waals surface area (Å²) in [6.45, 7) is 4.62. The van der Waals surface area contributed by atoms with Crippen LogP contribution in [0.3, 0.4) is 0 Å². The second-order valence-corrected chi connectivity index (χ2v) is 8.37. The van der Waals surface area contributed by atoms with Crippen LogP contribution < -0.4 is 5.32 Å². The zero-order valence-electron chi connectivity index (χ0n) is 17.8. The van der Waals surface area contributed by atoms with Crippen LogP contribution in [0.25, 0.3) is 5.69 Å². The van der Waals surface area contributed by atoms with Gasteiger partial charge in [0.25, 0.3) is 0 Å². The van der Waals surface area contributed by atoms with Gasteiger partial charge in [-0.15, -0.1) is 10.2 Å². The topological polar surface area (TPSA) is 59.8 Å². The summed E-state index contributed by atoms with van der Waals surface area (Å²) in [6, 6.07) is 18.6. The van der Waals surface area contributed by atoms with E-state index in [0.29, 0.717) is 13.0 Å². The SMILES string of the molecule is CCCCCCC(=O)NCc1nnc(SCc2ccccc2)n1-c1ccc(C)cc1. The van der Waals surface area contributed by atoms with Crippen LogP contribution in [0.2, 0.25) is 0 Å². The van der Waals surface area contributed by atoms with Crippen LogP contribution in [0.4, 0.5) is 0 Å². The third-order valence-electron chi connectivity index (χ3n) is 4.90. The molecule has 0 saturated carbocycles. The Hall–Kier alpha value is -2.60. The van der Waals surface area contributed by atoms with Gasteiger partial charge >= 0.3 is 0 Å². The summed E-state index contributed by atoms with van der Waals surface area (Å²) in [5, 5.41) is 12.6. The molecular formula is C24H30N4OS. The third-order valence-corrected chi connectivity index (χ3v) is 5.90. The van der Waals surface area contributed by atoms with Crippen molar-refractivity contribution in [2.75, 3.05) is 0 Å². The van der Waals surface area contributed by atoms with Crippen molar-refractivity contribution in [3.05, 3.63) is 71.5 Å². The second-order valence-electron chi connectivity index (χ2n) is 7.43. The van der Waals surface area contributed by atoms with Gasteiger partial charge in [-0.05, 0) is 31.0 Å². The zero-order valence-corrected chi connectivity index (χ0v) is 18.6. The van der Waals surface area contributed by atoms with E-state index in [2.05, 4.69) is 65.8 Å². The predicted molar refractivity (Wildman–Crippen MR) is 123 cm³/mol. The number of benzene rings is 2. The van der Waals surface area contributed by atoms with E-state index in [4.69, 9.17) is 0 Å². The Balaban J connectivity index is 1.71. The van der Waals surface area contributed by atoms with Crippen molar-refractivity contribution in [2.45, 2.75) is 63.4 Å². The van der Waals surface area contributed by atoms with Crippen LogP contribution in [-0.4, -0.2) is 20.7 Å². The van der Waals surface area contributed by atoms with Crippen molar-refractivity contribution >= 4 is 17.7 Å². The van der Waals surface area contributed by atoms with E-state index in [9.17, 15) is 4.79 Å². The van der Waals surface area contributed by atoms with Gasteiger partial charge in [0.2, 0.25) is 5.91 Å². The molecule has 0 aliphatic carbocycles. The molecular weight excluding hydrogens is 392 g/mol. The number of nitrogens with zero attached hydrogens (tertiary/aromatic N) is 3. The lowest BCUT2D eigenvalue weighted by Gasteiger charge is -2.11. The number of rotatable bonds is 11. The molecule has 0 atom stereocenters. The summed E-state index contributed by atoms with van der Waals surface area (Å²) in [5.74, 6) is 1.63. The van der Waals surface area contributed by atoms with E-state index in [-0.39, 0.29) is 5.91 Å². The van der Waals surface area contributed by atoms with Gasteiger partial charge in [-0.3, -0.25) is 9.36 Å². The quantitative estimate of drug-likeness (QED) is 0.329. The van der Waals surface area contributed by atoms with Gasteiger partial charge in [-0.1, -0.05) is 86.0 Å². The van der Waals surface area contributed by atoms with Gasteiger partial charge in [-0.25, -0.2) is 0 Å². The van der Waals surface area contributed by atoms with Crippen molar-refractivity contribution in [3.8, 4) is 5.69 Å². The summed E-state index contributed by atoms with van der Waals surface area (Å²) in [5.41, 5.74) is 3.45. The van der Waals surface area contributed by atoms with Gasteiger partial charge in [-0.2, -0.15) is 0 Å². The largest absolute Gasteiger partial charge is 0.349 e. The highest BCUT2D eigenvalue weighted by atomic mass is 32.2. The molecule has 6 heteroatoms. The lowest BCUT2D eigenvalue weighted by Crippen LogP contribution is -2.24. The molecule has 1 heterocycles. The van der Waals surface area contributed by atoms with Crippen LogP contribution in [0.1, 0.15) is 56.0 Å². The van der Waals surface area contributed by atoms with Crippen molar-refractivity contribution < 1.29 is 4.79 Å². The lowest BCUT2D eigenvalue weighted by atomic mass is 10.1. The Morgan fingerprint density at radius 2 is 1.77 bits per heavy atom. The highest BCUT2D eigenvalue weighted by molar-refractivity contribution is 7.98. The number of hydrogen-bond donors (Lipinski definition) is 1. The van der Waals surface area contributed by atoms with E-state index < -0.39 is 0 Å². The fourth-order valence-electron chi connectivity index (χ4n) is 3.16. The molecule has 0 unspecified atom stereocenters. The lowest BCUT2D eigenvalue weighted by molar-refractivity contribution is -0.121. The molecule has 0 bridgehead atoms. The average Bonchev–Trinajstić information content (AvgIpc) is 3.18. The number of aryl methyl sites for hydroxylation is 1. The first-order chi connectivity index (χ1) is 14.7. The van der Waals surface area contributed by atoms with Gasteiger partial charge in [0.05, 0.1) is 6.54 Å². The minimum Gasteiger partial charge on any atom is -0.349 e. The number of hydrogen-bond acceptors (Lipinski definition) is 4. The first-order valence-corrected chi connectivity index (χ1v) is 11.6. The minimum atomic E-state index is 0.0723. The number of aromatic nitrogens is 3. The molecule has 30 heavy (non-hydrogen) atoms. The molecule has 0 aliphatic rings. The van der Waals surface area contributed by atoms with E-state index in [1.165, 1.54) is 24.0 Å². The molecule has 1 amide bonds. The zero-order chi connectivity index (χ0) is 21.2. The fourth-order valence-corrected chi connectivity index (χ4v) is 4.09. The monoisotopic (exact) mass is 422 g/mol. The molecule has 0 saturated heterocycles. The predicted octanol–water partition coefficient (Wildman–Crippen LogP) is 5.45. The normalized spacial score (nSPS) is 10.9. The molecule has 2 aromatic carbocycles. The Morgan fingerprint density at radius 3 is 2.50 bits per heavy atom. The highest BCUT2D eigenvalue weighted by Crippen LogP contribution is 2.25. The smallest absolute Gasteiger partial charge is 0.220 e. The van der Waals surface area contributed by atoms with Gasteiger partial charge in [0.15, 0.2) is 11.0 Å². The number of carbonyl (C=O) groups is 1. The summed E-state index contributed by atoms with van der Waals surface area (Å²) in [6.07, 6.45) is 4.95. The summed E-state index contributed by atoms with van der Waals surface area (Å²) in [7, 11) is 0. The van der Waals surface area contributed by atoms with E-state index in [1.54, 1.807) is 11.8 Å². The Morgan fingerprint density at radius 1 is 1.00 bits per heavy atom. The van der Waals surface area contributed by atoms with Crippen molar-refractivity contribution in [3.63, 3.8) is 0 Å². The summed E-state index contributed by atoms with van der Waals surface area (Å²) in [4.78, 5) is 12.2. The molecule has 3 aromatic rings. The Labute approximate surface area is 183 Å². The Bertz CT molecular complexity index is 922. The molecule has 0 aliphatic heterocycles.